The van der Waals surface area contributed by atoms with Crippen molar-refractivity contribution >= 4 is 52.2 Å². The summed E-state index contributed by atoms with van der Waals surface area (Å²) in [5.41, 5.74) is 1.53. The van der Waals surface area contributed by atoms with Gasteiger partial charge in [0.1, 0.15) is 17.9 Å². The maximum absolute atomic E-state index is 15.9. The Labute approximate surface area is 459 Å². The molecule has 1 unspecified atom stereocenters. The van der Waals surface area contributed by atoms with Crippen LogP contribution in [0.3, 0.4) is 0 Å². The Kier molecular flexibility index (Phi) is 19.5. The minimum absolute atomic E-state index is 0.00105. The lowest BCUT2D eigenvalue weighted by Crippen LogP contribution is -2.57. The molecule has 4 heterocycles. The molecule has 0 aliphatic carbocycles. The molecule has 23 heteroatoms. The van der Waals surface area contributed by atoms with Crippen molar-refractivity contribution in [2.75, 3.05) is 69.9 Å². The van der Waals surface area contributed by atoms with Crippen molar-refractivity contribution in [2.24, 2.45) is 5.41 Å². The largest absolute Gasteiger partial charge is 0.417 e. The quantitative estimate of drug-likeness (QED) is 0.0369. The van der Waals surface area contributed by atoms with Gasteiger partial charge < -0.3 is 50.6 Å². The molecule has 2 aromatic heterocycles. The van der Waals surface area contributed by atoms with E-state index in [0.29, 0.717) is 31.0 Å². The van der Waals surface area contributed by atoms with Gasteiger partial charge in [0.15, 0.2) is 0 Å². The van der Waals surface area contributed by atoms with E-state index in [-0.39, 0.29) is 93.4 Å². The second kappa shape index (κ2) is 25.8. The average Bonchev–Trinajstić information content (AvgIpc) is 4.07. The van der Waals surface area contributed by atoms with E-state index in [4.69, 9.17) is 9.47 Å². The van der Waals surface area contributed by atoms with E-state index in [9.17, 15) is 47.0 Å². The van der Waals surface area contributed by atoms with Crippen molar-refractivity contribution in [1.82, 2.24) is 35.7 Å². The van der Waals surface area contributed by atoms with Crippen LogP contribution < -0.4 is 31.7 Å². The first kappa shape index (κ1) is 59.6. The number of H-pyrrole nitrogens is 1. The highest BCUT2D eigenvalue weighted by atomic mass is 32.1. The van der Waals surface area contributed by atoms with E-state index in [1.807, 2.05) is 57.0 Å². The van der Waals surface area contributed by atoms with Crippen molar-refractivity contribution in [3.8, 4) is 21.6 Å². The smallest absolute Gasteiger partial charge is 0.391 e. The van der Waals surface area contributed by atoms with Gasteiger partial charge in [-0.2, -0.15) is 13.2 Å². The number of carbonyl (C=O) groups excluding carboxylic acids is 5. The number of hydrogen-bond donors (Lipinski definition) is 6. The topological polar surface area (TPSA) is 228 Å². The molecule has 0 saturated carbocycles. The number of aliphatic hydroxyl groups excluding tert-OH is 1. The van der Waals surface area contributed by atoms with Gasteiger partial charge in [0, 0.05) is 81.0 Å². The maximum Gasteiger partial charge on any atom is 0.417 e. The first-order valence-electron chi connectivity index (χ1n) is 25.9. The second-order valence-electron chi connectivity index (χ2n) is 20.9. The third kappa shape index (κ3) is 15.2. The monoisotopic (exact) mass is 1120 g/mol. The molecule has 79 heavy (non-hydrogen) atoms. The molecule has 2 saturated heterocycles. The van der Waals surface area contributed by atoms with Gasteiger partial charge in [0.05, 0.1) is 71.1 Å². The SMILES string of the molecule is Cc1ncsc1-c1ccc(CNC(=O)[C@@H]2C[C@@H](O)CN2C(=O)C(NC(=O)CCOCCOCCNC(=O)c2ccc(-c3ccc(N4C[C@@H](C)N(C)[C@@H](C)C4)c(NC(=O)c4c[nH]c(=O)cc4C(F)(F)F)c3)c(F)c2)C(C)(C)C)cc1. The molecule has 0 spiro atoms. The number of carbonyl (C=O) groups is 5. The summed E-state index contributed by atoms with van der Waals surface area (Å²) in [5.74, 6) is -3.86. The number of likely N-dealkylation sites (tertiary alicyclic amines) is 1. The zero-order chi connectivity index (χ0) is 57.3. The lowest BCUT2D eigenvalue weighted by molar-refractivity contribution is -0.144. The summed E-state index contributed by atoms with van der Waals surface area (Å²) in [6.45, 7) is 12.9. The molecule has 2 fully saturated rings. The molecule has 5 aromatic rings. The summed E-state index contributed by atoms with van der Waals surface area (Å²) in [4.78, 5) is 91.9. The minimum Gasteiger partial charge on any atom is -0.391 e. The number of amides is 5. The number of nitrogens with one attached hydrogen (secondary N) is 5. The van der Waals surface area contributed by atoms with Crippen molar-refractivity contribution in [2.45, 2.75) is 97.4 Å². The maximum atomic E-state index is 15.9. The molecule has 2 aliphatic rings. The Bertz CT molecular complexity index is 3040. The van der Waals surface area contributed by atoms with Gasteiger partial charge in [-0.1, -0.05) is 57.2 Å². The molecular formula is C56H67F4N9O9S. The number of alkyl halides is 3. The van der Waals surface area contributed by atoms with Gasteiger partial charge in [-0.05, 0) is 74.2 Å². The summed E-state index contributed by atoms with van der Waals surface area (Å²) in [6, 6.07) is 14.8. The molecule has 7 rings (SSSR count). The van der Waals surface area contributed by atoms with Gasteiger partial charge in [0.25, 0.3) is 11.8 Å². The van der Waals surface area contributed by atoms with Crippen molar-refractivity contribution in [3.63, 3.8) is 0 Å². The molecule has 6 N–H and O–H groups in total. The molecule has 0 bridgehead atoms. The molecule has 2 aliphatic heterocycles. The summed E-state index contributed by atoms with van der Waals surface area (Å²) >= 11 is 1.55. The third-order valence-electron chi connectivity index (χ3n) is 14.1. The Hall–Kier alpha value is -7.05. The van der Waals surface area contributed by atoms with Crippen LogP contribution in [0.25, 0.3) is 21.6 Å². The Balaban J connectivity index is 0.855. The molecule has 424 valence electrons. The number of rotatable bonds is 20. The molecule has 18 nitrogen and oxygen atoms in total. The number of hydrogen-bond acceptors (Lipinski definition) is 13. The normalized spacial score (nSPS) is 18.3. The Morgan fingerprint density at radius 1 is 0.873 bits per heavy atom. The number of aromatic amines is 1. The van der Waals surface area contributed by atoms with Crippen LogP contribution in [-0.2, 0) is 36.6 Å². The zero-order valence-electron chi connectivity index (χ0n) is 45.1. The highest BCUT2D eigenvalue weighted by Crippen LogP contribution is 2.37. The molecular weight excluding hydrogens is 1050 g/mol. The van der Waals surface area contributed by atoms with Gasteiger partial charge in [-0.15, -0.1) is 11.3 Å². The number of anilines is 2. The number of likely N-dealkylation sites (N-methyl/N-ethyl adjacent to an activating group) is 1. The lowest BCUT2D eigenvalue weighted by Gasteiger charge is -2.44. The van der Waals surface area contributed by atoms with Crippen LogP contribution in [0.2, 0.25) is 0 Å². The predicted molar refractivity (Wildman–Crippen MR) is 291 cm³/mol. The van der Waals surface area contributed by atoms with E-state index >= 15 is 4.39 Å². The van der Waals surface area contributed by atoms with Gasteiger partial charge in [0.2, 0.25) is 23.3 Å². The fraction of sp³-hybridized carbons (Fsp3) is 0.446. The second-order valence-corrected chi connectivity index (χ2v) is 21.8. The van der Waals surface area contributed by atoms with Crippen LogP contribution in [0.1, 0.15) is 85.0 Å². The van der Waals surface area contributed by atoms with Crippen LogP contribution in [0.4, 0.5) is 28.9 Å². The minimum atomic E-state index is -5.00. The van der Waals surface area contributed by atoms with Gasteiger partial charge in [-0.25, -0.2) is 9.37 Å². The number of aryl methyl sites for hydroxylation is 1. The number of β-amino-alcohol motifs (C(OH)–C–C–N with tert-alkyl or cyclic N) is 1. The number of aromatic nitrogens is 2. The molecule has 5 atom stereocenters. The zero-order valence-corrected chi connectivity index (χ0v) is 45.9. The van der Waals surface area contributed by atoms with Crippen LogP contribution in [0, 0.1) is 18.2 Å². The number of benzene rings is 3. The Morgan fingerprint density at radius 3 is 2.20 bits per heavy atom. The first-order valence-corrected chi connectivity index (χ1v) is 26.8. The average molecular weight is 1120 g/mol. The van der Waals surface area contributed by atoms with E-state index in [1.54, 1.807) is 49.8 Å². The standard InChI is InChI=1S/C56H67F4N9O9S/c1-32-28-68(29-33(2)67(32)7)45-15-13-37(23-44(45)65-52(74)41-27-62-48(72)25-42(41)56(58,59)60)40-14-12-38(22-43(40)57)51(73)61-17-19-78-21-20-77-18-16-47(71)66-50(55(4,5)6)54(76)69-30-39(70)24-46(69)53(75)63-26-35-8-10-36(11-9-35)49-34(3)64-31-79-49/h8-15,22-23,25,27,31-33,39,46,50,70H,16-21,24,26,28-30H2,1-7H3,(H,61,73)(H,62,72)(H,63,75)(H,65,74)(H,66,71)/t32-,33+,39-,46+,50?/m1/s1. The number of halogens is 4. The first-order chi connectivity index (χ1) is 37.4. The van der Waals surface area contributed by atoms with E-state index in [2.05, 4.69) is 36.1 Å². The summed E-state index contributed by atoms with van der Waals surface area (Å²) < 4.78 is 68.8. The lowest BCUT2D eigenvalue weighted by atomic mass is 9.85. The number of piperazine rings is 1. The highest BCUT2D eigenvalue weighted by Gasteiger charge is 2.44. The fourth-order valence-electron chi connectivity index (χ4n) is 9.49. The van der Waals surface area contributed by atoms with E-state index in [1.165, 1.54) is 23.1 Å². The number of pyridine rings is 1. The summed E-state index contributed by atoms with van der Waals surface area (Å²) in [6.07, 6.45) is -5.25. The number of aliphatic hydroxyl groups is 1. The van der Waals surface area contributed by atoms with E-state index in [0.717, 1.165) is 27.8 Å². The fourth-order valence-corrected chi connectivity index (χ4v) is 10.3. The number of nitrogens with zero attached hydrogens (tertiary/aromatic N) is 4. The molecule has 3 aromatic carbocycles. The number of thiazole rings is 1. The van der Waals surface area contributed by atoms with E-state index < -0.39 is 81.8 Å². The van der Waals surface area contributed by atoms with Crippen molar-refractivity contribution < 1.29 is 56.1 Å². The van der Waals surface area contributed by atoms with Crippen LogP contribution in [-0.4, -0.2) is 144 Å². The Morgan fingerprint density at radius 2 is 1.56 bits per heavy atom. The van der Waals surface area contributed by atoms with Crippen LogP contribution in [0.5, 0.6) is 0 Å². The molecule has 5 amide bonds. The third-order valence-corrected chi connectivity index (χ3v) is 15.0. The number of ether oxygens (including phenoxy) is 2. The summed E-state index contributed by atoms with van der Waals surface area (Å²) in [5, 5.41) is 21.5. The van der Waals surface area contributed by atoms with Crippen molar-refractivity contribution in [3.05, 3.63) is 123 Å². The van der Waals surface area contributed by atoms with Gasteiger partial charge in [-0.3, -0.25) is 33.7 Å². The van der Waals surface area contributed by atoms with Gasteiger partial charge >= 0.3 is 6.18 Å². The predicted octanol–water partition coefficient (Wildman–Crippen LogP) is 6.38. The molecule has 0 radical (unpaired) electrons. The summed E-state index contributed by atoms with van der Waals surface area (Å²) in [7, 11) is 1.98. The van der Waals surface area contributed by atoms with Crippen LogP contribution >= 0.6 is 11.3 Å². The highest BCUT2D eigenvalue weighted by molar-refractivity contribution is 7.13. The van der Waals surface area contributed by atoms with Crippen molar-refractivity contribution in [1.29, 1.82) is 0 Å². The van der Waals surface area contributed by atoms with Crippen LogP contribution in [0.15, 0.2) is 83.2 Å².